The van der Waals surface area contributed by atoms with E-state index in [0.29, 0.717) is 12.5 Å². The second kappa shape index (κ2) is 6.40. The average Bonchev–Trinajstić information content (AvgIpc) is 2.28. The number of benzene rings is 1. The number of aryl methyl sites for hydroxylation is 1. The number of Topliss-reactive ketones (excluding diaryl/α,β-unsaturated/α-hetero) is 1. The van der Waals surface area contributed by atoms with Crippen molar-refractivity contribution in [2.75, 3.05) is 13.7 Å². The van der Waals surface area contributed by atoms with Crippen LogP contribution >= 0.6 is 0 Å². The van der Waals surface area contributed by atoms with Gasteiger partial charge < -0.3 is 10.1 Å². The summed E-state index contributed by atoms with van der Waals surface area (Å²) >= 11 is 0. The molecule has 0 saturated carbocycles. The summed E-state index contributed by atoms with van der Waals surface area (Å²) in [4.78, 5) is 11.9. The molecule has 0 amide bonds. The molecule has 1 N–H and O–H groups in total. The van der Waals surface area contributed by atoms with Crippen molar-refractivity contribution in [1.82, 2.24) is 5.32 Å². The van der Waals surface area contributed by atoms with Gasteiger partial charge in [0.1, 0.15) is 5.75 Å². The maximum Gasteiger partial charge on any atom is 0.164 e. The molecule has 0 aliphatic rings. The molecule has 94 valence electrons. The molecule has 1 aromatic rings. The van der Waals surface area contributed by atoms with Crippen LogP contribution in [-0.2, 0) is 0 Å². The lowest BCUT2D eigenvalue weighted by atomic mass is 10.0. The molecule has 0 fully saturated rings. The Bertz CT molecular complexity index is 386. The molecule has 0 aliphatic heterocycles. The molecule has 0 aliphatic carbocycles. The summed E-state index contributed by atoms with van der Waals surface area (Å²) in [5.41, 5.74) is 1.75. The van der Waals surface area contributed by atoms with Gasteiger partial charge in [0.05, 0.1) is 7.11 Å². The molecular weight excluding hydrogens is 214 g/mol. The number of hydrogen-bond acceptors (Lipinski definition) is 3. The van der Waals surface area contributed by atoms with Gasteiger partial charge in [-0.1, -0.05) is 13.8 Å². The molecule has 0 atom stereocenters. The number of ether oxygens (including phenoxy) is 1. The largest absolute Gasteiger partial charge is 0.496 e. The van der Waals surface area contributed by atoms with Gasteiger partial charge >= 0.3 is 0 Å². The molecule has 3 heteroatoms. The number of ketones is 1. The van der Waals surface area contributed by atoms with Gasteiger partial charge in [0.2, 0.25) is 0 Å². The Hall–Kier alpha value is -1.35. The molecule has 0 heterocycles. The minimum absolute atomic E-state index is 0.170. The highest BCUT2D eigenvalue weighted by atomic mass is 16.5. The molecule has 3 nitrogen and oxygen atoms in total. The van der Waals surface area contributed by atoms with Crippen LogP contribution in [0.15, 0.2) is 18.2 Å². The van der Waals surface area contributed by atoms with Gasteiger partial charge in [0, 0.05) is 24.6 Å². The molecular formula is C14H21NO2. The van der Waals surface area contributed by atoms with Crippen LogP contribution in [0.1, 0.15) is 36.2 Å². The van der Waals surface area contributed by atoms with Crippen molar-refractivity contribution in [1.29, 1.82) is 0 Å². The van der Waals surface area contributed by atoms with E-state index >= 15 is 0 Å². The van der Waals surface area contributed by atoms with E-state index in [1.54, 1.807) is 7.11 Å². The Morgan fingerprint density at radius 2 is 2.12 bits per heavy atom. The third kappa shape index (κ3) is 4.19. The summed E-state index contributed by atoms with van der Waals surface area (Å²) in [6, 6.07) is 5.97. The average molecular weight is 235 g/mol. The van der Waals surface area contributed by atoms with Crippen LogP contribution in [0.5, 0.6) is 5.75 Å². The maximum absolute atomic E-state index is 11.9. The van der Waals surface area contributed by atoms with Gasteiger partial charge in [-0.2, -0.15) is 0 Å². The number of nitrogens with one attached hydrogen (secondary N) is 1. The standard InChI is InChI=1S/C14H21NO2/c1-10(2)15-8-7-13(16)12-5-6-14(17-4)11(3)9-12/h5-6,9-10,15H,7-8H2,1-4H3. The van der Waals surface area contributed by atoms with Crippen molar-refractivity contribution in [3.8, 4) is 5.75 Å². The lowest BCUT2D eigenvalue weighted by molar-refractivity contribution is 0.0982. The van der Waals surface area contributed by atoms with Crippen molar-refractivity contribution in [2.24, 2.45) is 0 Å². The molecule has 1 aromatic carbocycles. The van der Waals surface area contributed by atoms with E-state index in [1.165, 1.54) is 0 Å². The first kappa shape index (κ1) is 13.7. The van der Waals surface area contributed by atoms with Gasteiger partial charge in [-0.25, -0.2) is 0 Å². The summed E-state index contributed by atoms with van der Waals surface area (Å²) in [5.74, 6) is 0.991. The summed E-state index contributed by atoms with van der Waals surface area (Å²) < 4.78 is 5.17. The zero-order chi connectivity index (χ0) is 12.8. The van der Waals surface area contributed by atoms with E-state index in [1.807, 2.05) is 25.1 Å². The third-order valence-electron chi connectivity index (χ3n) is 2.62. The van der Waals surface area contributed by atoms with Gasteiger partial charge in [0.15, 0.2) is 5.78 Å². The first-order valence-corrected chi connectivity index (χ1v) is 5.96. The van der Waals surface area contributed by atoms with E-state index in [-0.39, 0.29) is 5.78 Å². The lowest BCUT2D eigenvalue weighted by Gasteiger charge is -2.09. The van der Waals surface area contributed by atoms with Gasteiger partial charge in [-0.3, -0.25) is 4.79 Å². The normalized spacial score (nSPS) is 10.6. The van der Waals surface area contributed by atoms with Crippen molar-refractivity contribution in [3.63, 3.8) is 0 Å². The fourth-order valence-corrected chi connectivity index (χ4v) is 1.67. The van der Waals surface area contributed by atoms with Crippen LogP contribution in [0.2, 0.25) is 0 Å². The van der Waals surface area contributed by atoms with Crippen molar-refractivity contribution in [2.45, 2.75) is 33.2 Å². The van der Waals surface area contributed by atoms with Gasteiger partial charge in [0.25, 0.3) is 0 Å². The van der Waals surface area contributed by atoms with Gasteiger partial charge in [-0.15, -0.1) is 0 Å². The van der Waals surface area contributed by atoms with Crippen LogP contribution in [0.3, 0.4) is 0 Å². The fraction of sp³-hybridized carbons (Fsp3) is 0.500. The van der Waals surface area contributed by atoms with Crippen LogP contribution in [0, 0.1) is 6.92 Å². The van der Waals surface area contributed by atoms with E-state index in [9.17, 15) is 4.79 Å². The van der Waals surface area contributed by atoms with Crippen LogP contribution < -0.4 is 10.1 Å². The number of carbonyl (C=O) groups excluding carboxylic acids is 1. The Labute approximate surface area is 103 Å². The van der Waals surface area contributed by atoms with Crippen LogP contribution in [-0.4, -0.2) is 25.5 Å². The predicted molar refractivity (Wildman–Crippen MR) is 69.8 cm³/mol. The maximum atomic E-state index is 11.9. The van der Waals surface area contributed by atoms with E-state index < -0.39 is 0 Å². The summed E-state index contributed by atoms with van der Waals surface area (Å²) in [7, 11) is 1.64. The molecule has 0 saturated heterocycles. The third-order valence-corrected chi connectivity index (χ3v) is 2.62. The smallest absolute Gasteiger partial charge is 0.164 e. The SMILES string of the molecule is COc1ccc(C(=O)CCNC(C)C)cc1C. The Kier molecular flexibility index (Phi) is 5.16. The lowest BCUT2D eigenvalue weighted by Crippen LogP contribution is -2.25. The van der Waals surface area contributed by atoms with E-state index in [0.717, 1.165) is 23.4 Å². The molecule has 0 aromatic heterocycles. The molecule has 1 rings (SSSR count). The second-order valence-corrected chi connectivity index (χ2v) is 4.47. The van der Waals surface area contributed by atoms with E-state index in [2.05, 4.69) is 19.2 Å². The monoisotopic (exact) mass is 235 g/mol. The van der Waals surface area contributed by atoms with Crippen LogP contribution in [0.4, 0.5) is 0 Å². The number of rotatable bonds is 6. The van der Waals surface area contributed by atoms with E-state index in [4.69, 9.17) is 4.74 Å². The first-order valence-electron chi connectivity index (χ1n) is 5.96. The summed E-state index contributed by atoms with van der Waals surface area (Å²) in [6.07, 6.45) is 0.532. The second-order valence-electron chi connectivity index (χ2n) is 4.47. The fourth-order valence-electron chi connectivity index (χ4n) is 1.67. The molecule has 17 heavy (non-hydrogen) atoms. The highest BCUT2D eigenvalue weighted by Gasteiger charge is 2.08. The minimum atomic E-state index is 0.170. The summed E-state index contributed by atoms with van der Waals surface area (Å²) in [6.45, 7) is 6.81. The predicted octanol–water partition coefficient (Wildman–Crippen LogP) is 2.57. The summed E-state index contributed by atoms with van der Waals surface area (Å²) in [5, 5.41) is 3.24. The Morgan fingerprint density at radius 1 is 1.41 bits per heavy atom. The molecule has 0 radical (unpaired) electrons. The topological polar surface area (TPSA) is 38.3 Å². The zero-order valence-corrected chi connectivity index (χ0v) is 11.0. The van der Waals surface area contributed by atoms with Crippen molar-refractivity contribution >= 4 is 5.78 Å². The highest BCUT2D eigenvalue weighted by Crippen LogP contribution is 2.19. The van der Waals surface area contributed by atoms with Crippen molar-refractivity contribution < 1.29 is 9.53 Å². The zero-order valence-electron chi connectivity index (χ0n) is 11.0. The number of carbonyl (C=O) groups is 1. The Morgan fingerprint density at radius 3 is 2.65 bits per heavy atom. The molecule has 0 spiro atoms. The minimum Gasteiger partial charge on any atom is -0.496 e. The van der Waals surface area contributed by atoms with Crippen molar-refractivity contribution in [3.05, 3.63) is 29.3 Å². The first-order chi connectivity index (χ1) is 8.04. The van der Waals surface area contributed by atoms with Gasteiger partial charge in [-0.05, 0) is 30.7 Å². The highest BCUT2D eigenvalue weighted by molar-refractivity contribution is 5.96. The Balaban J connectivity index is 2.60. The molecule has 0 unspecified atom stereocenters. The number of methoxy groups -OCH3 is 1. The number of hydrogen-bond donors (Lipinski definition) is 1. The quantitative estimate of drug-likeness (QED) is 0.770. The molecule has 0 bridgehead atoms. The van der Waals surface area contributed by atoms with Crippen LogP contribution in [0.25, 0.3) is 0 Å².